The summed E-state index contributed by atoms with van der Waals surface area (Å²) < 4.78 is 71.9. The van der Waals surface area contributed by atoms with Crippen LogP contribution < -0.4 is 90.6 Å². The first-order valence-corrected chi connectivity index (χ1v) is 46.2. The fourth-order valence-electron chi connectivity index (χ4n) is 17.2. The van der Waals surface area contributed by atoms with Crippen LogP contribution in [0.5, 0.6) is 0 Å². The molecule has 0 aliphatic carbocycles. The molecule has 23 N–H and O–H groups in total. The first-order valence-electron chi connectivity index (χ1n) is 46.2. The monoisotopic (exact) mass is 1910 g/mol. The van der Waals surface area contributed by atoms with Gasteiger partial charge in [0, 0.05) is 40.0 Å². The fraction of sp³-hybridized carbons (Fsp3) is 0.907. The summed E-state index contributed by atoms with van der Waals surface area (Å²) in [4.78, 5) is 79.1. The second-order valence-corrected chi connectivity index (χ2v) is 34.9. The maximum absolute atomic E-state index is 13.9. The van der Waals surface area contributed by atoms with Crippen LogP contribution in [0.1, 0.15) is 240 Å². The van der Waals surface area contributed by atoms with Crippen molar-refractivity contribution in [1.29, 1.82) is 0 Å². The average molecular weight is 1910 g/mol. The number of carbonyl (C=O) groups is 6. The Morgan fingerprint density at radius 3 is 1.18 bits per heavy atom. The number of ether oxygens (including phenoxy) is 12. The van der Waals surface area contributed by atoms with Gasteiger partial charge in [0.05, 0.1) is 82.7 Å². The molecule has 0 aromatic heterocycles. The molecule has 0 saturated carbocycles. The van der Waals surface area contributed by atoms with Crippen LogP contribution in [0.25, 0.3) is 0 Å². The summed E-state index contributed by atoms with van der Waals surface area (Å²) in [5, 5.41) is 252. The maximum Gasteiger partial charge on any atom is 1.00 e. The number of allylic oxidation sites excluding steroid dienone is 1. The van der Waals surface area contributed by atoms with Crippen molar-refractivity contribution in [3.8, 4) is 0 Å². The van der Waals surface area contributed by atoms with Gasteiger partial charge in [0.1, 0.15) is 146 Å². The Hall–Kier alpha value is -2.68. The molecule has 0 bridgehead atoms. The molecule has 0 aromatic carbocycles. The van der Waals surface area contributed by atoms with E-state index in [-0.39, 0.29) is 65.5 Å². The summed E-state index contributed by atoms with van der Waals surface area (Å²) >= 11 is 0. The average Bonchev–Trinajstić information content (AvgIpc) is 0.748. The van der Waals surface area contributed by atoms with Gasteiger partial charge in [0.25, 0.3) is 0 Å². The van der Waals surface area contributed by atoms with Gasteiger partial charge in [-0.3, -0.25) is 19.2 Å². The standard InChI is InChI=1S/C86H152N4O39.2Na/c1-6-8-10-12-14-16-18-20-22-24-26-28-30-32-34-36-51(100)50(90-60(105)37-35-33-31-29-27-25-23-21-19-17-15-13-11-9-7-2)46-118-80-69(111)67(109)72(57(43-94)120-80)123-82-71(113)78(129-86(84(116)117)39-53(102)62(88-48(4)98)77(128-86)65(107)55(104)41-92)74(59(45-96)122-82)124-79-63(89-49(5)99)75(66(108)56(42-93)119-79)125-81-70(112)68(110)73(58(44-95)121-81)126-85(83(114)115)38-52(101)61(87-47(3)97)76(127-85)64(106)54(103)40-91;;/h34,36,50-59,61-82,91-96,100-104,106-113H,6-33,35,37-46H2,1-5H3,(H,87,97)(H,88,98)(H,89,99)(H,90,105)(H,114,115)(H,116,117);;/q;2*+1/p-2/t50-,51+,52?,53?,54-,55-,56?,57?,58?,59?,61+,62+,63?,64-,65-,66?,67?,68?,69?,70?,71?,72?,73?,74?,75?,76?,77?,78?,79?,80?,81?,82?,85?,86?;;/m0../s1. The predicted molar refractivity (Wildman–Crippen MR) is 444 cm³/mol. The quantitative estimate of drug-likeness (QED) is 0.0153. The number of carboxylic acid groups (broad SMARTS) is 2. The first kappa shape index (κ1) is 121. The fourth-order valence-corrected chi connectivity index (χ4v) is 17.2. The van der Waals surface area contributed by atoms with Crippen LogP contribution in [0.4, 0.5) is 0 Å². The van der Waals surface area contributed by atoms with Gasteiger partial charge in [0.15, 0.2) is 25.2 Å². The van der Waals surface area contributed by atoms with E-state index in [1.165, 1.54) is 115 Å². The van der Waals surface area contributed by atoms with Crippen LogP contribution in [0.3, 0.4) is 0 Å². The summed E-state index contributed by atoms with van der Waals surface area (Å²) in [6.07, 6.45) is -29.9. The Balaban J connectivity index is 0.0000180. The van der Waals surface area contributed by atoms with E-state index in [9.17, 15) is 136 Å². The minimum Gasteiger partial charge on any atom is -0.544 e. The van der Waals surface area contributed by atoms with Crippen molar-refractivity contribution in [2.75, 3.05) is 46.2 Å². The molecule has 4 amide bonds. The third-order valence-corrected chi connectivity index (χ3v) is 24.5. The number of aliphatic hydroxyl groups excluding tert-OH is 19. The molecule has 6 heterocycles. The molecule has 6 saturated heterocycles. The normalized spacial score (nSPS) is 34.2. The Kier molecular flexibility index (Phi) is 57.5. The second-order valence-electron chi connectivity index (χ2n) is 34.9. The van der Waals surface area contributed by atoms with Crippen LogP contribution in [0.15, 0.2) is 12.2 Å². The van der Waals surface area contributed by atoms with Gasteiger partial charge < -0.3 is 195 Å². The zero-order valence-corrected chi connectivity index (χ0v) is 80.9. The molecular formula is C86H150N4Na2O39. The van der Waals surface area contributed by atoms with Crippen LogP contribution in [-0.2, 0) is 85.6 Å². The number of unbranched alkanes of at least 4 members (excludes halogenated alkanes) is 27. The van der Waals surface area contributed by atoms with Crippen molar-refractivity contribution in [3.05, 3.63) is 12.2 Å². The van der Waals surface area contributed by atoms with Crippen molar-refractivity contribution < 1.29 is 252 Å². The van der Waals surface area contributed by atoms with Gasteiger partial charge >= 0.3 is 59.1 Å². The molecule has 0 spiro atoms. The van der Waals surface area contributed by atoms with Gasteiger partial charge in [-0.05, 0) is 19.3 Å². The van der Waals surface area contributed by atoms with Gasteiger partial charge in [-0.25, -0.2) is 0 Å². The van der Waals surface area contributed by atoms with Crippen molar-refractivity contribution in [2.24, 2.45) is 0 Å². The molecular weight excluding hydrogens is 1760 g/mol. The summed E-state index contributed by atoms with van der Waals surface area (Å²) in [7, 11) is 0. The molecule has 0 radical (unpaired) electrons. The molecule has 43 nitrogen and oxygen atoms in total. The topological polar surface area (TPSA) is 692 Å². The first-order chi connectivity index (χ1) is 61.6. The number of nitrogens with one attached hydrogen (secondary N) is 4. The Labute approximate surface area is 809 Å². The van der Waals surface area contributed by atoms with Gasteiger partial charge in [0.2, 0.25) is 35.2 Å². The maximum atomic E-state index is 13.9. The van der Waals surface area contributed by atoms with E-state index in [0.717, 1.165) is 85.0 Å². The zero-order chi connectivity index (χ0) is 95.2. The Morgan fingerprint density at radius 2 is 0.763 bits per heavy atom. The number of aliphatic carboxylic acids is 2. The molecule has 6 rings (SSSR count). The molecule has 34 atom stereocenters. The number of carboxylic acids is 2. The van der Waals surface area contributed by atoms with E-state index in [2.05, 4.69) is 35.1 Å². The van der Waals surface area contributed by atoms with Crippen molar-refractivity contribution >= 4 is 35.6 Å². The summed E-state index contributed by atoms with van der Waals surface area (Å²) in [6, 6.07) is -6.95. The van der Waals surface area contributed by atoms with Crippen LogP contribution >= 0.6 is 0 Å². The molecule has 0 aromatic rings. The van der Waals surface area contributed by atoms with Gasteiger partial charge in [-0.15, -0.1) is 0 Å². The summed E-state index contributed by atoms with van der Waals surface area (Å²) in [6.45, 7) is -0.926. The van der Waals surface area contributed by atoms with E-state index >= 15 is 0 Å². The Morgan fingerprint density at radius 1 is 0.412 bits per heavy atom. The molecule has 26 unspecified atom stereocenters. The second kappa shape index (κ2) is 62.5. The van der Waals surface area contributed by atoms with Gasteiger partial charge in [-0.2, -0.15) is 0 Å². The van der Waals surface area contributed by atoms with Crippen molar-refractivity contribution in [1.82, 2.24) is 21.3 Å². The minimum absolute atomic E-state index is 0. The number of rotatable bonds is 61. The number of hydrogen-bond acceptors (Lipinski definition) is 39. The SMILES string of the molecule is CCCCCCCCCCCCCCCC=C[C@@H](O)[C@H](COC1OC(CO)C(OC2OC(CO)C(OC3OC(CO)C(O)C(OC4OC(CO)C(OC5(C(=O)[O-])CC(O)[C@@H](NC(C)=O)C([C@@H](O)[C@@H](O)CO)O5)C(O)C4O)C3NC(C)=O)C(OC3(C(=O)[O-])CC(O)[C@@H](NC(C)=O)C([C@@H](O)[C@@H](O)CO)O3)C2O)C(O)C1O)NC(=O)CCCCCCCCCCCCCCCCC.[Na+].[Na+]. The number of aliphatic hydroxyl groups is 19. The van der Waals surface area contributed by atoms with Crippen molar-refractivity contribution in [3.63, 3.8) is 0 Å². The van der Waals surface area contributed by atoms with E-state index in [0.29, 0.717) is 12.8 Å². The molecule has 45 heteroatoms. The smallest absolute Gasteiger partial charge is 0.544 e. The number of amides is 4. The molecule has 6 aliphatic heterocycles. The largest absolute Gasteiger partial charge is 1.00 e. The molecule has 750 valence electrons. The summed E-state index contributed by atoms with van der Waals surface area (Å²) in [5.74, 6) is -15.1. The third-order valence-electron chi connectivity index (χ3n) is 24.5. The minimum atomic E-state index is -3.60. The van der Waals surface area contributed by atoms with Crippen LogP contribution in [0, 0.1) is 0 Å². The molecule has 6 aliphatic rings. The van der Waals surface area contributed by atoms with Crippen molar-refractivity contribution in [2.45, 2.75) is 447 Å². The van der Waals surface area contributed by atoms with E-state index in [4.69, 9.17) is 56.8 Å². The third kappa shape index (κ3) is 36.4. The van der Waals surface area contributed by atoms with E-state index < -0.39 is 302 Å². The molecule has 6 fully saturated rings. The zero-order valence-electron chi connectivity index (χ0n) is 76.9. The Bertz CT molecular complexity index is 3250. The van der Waals surface area contributed by atoms with Crippen LogP contribution in [-0.4, -0.2) is 386 Å². The van der Waals surface area contributed by atoms with Gasteiger partial charge in [-0.1, -0.05) is 193 Å². The van der Waals surface area contributed by atoms with Crippen LogP contribution in [0.2, 0.25) is 0 Å². The number of hydrogen-bond donors (Lipinski definition) is 23. The van der Waals surface area contributed by atoms with E-state index in [1.807, 2.05) is 0 Å². The summed E-state index contributed by atoms with van der Waals surface area (Å²) in [5.41, 5.74) is 0. The van der Waals surface area contributed by atoms with E-state index in [1.54, 1.807) is 6.08 Å². The number of carbonyl (C=O) groups excluding carboxylic acids is 6. The predicted octanol–water partition coefficient (Wildman–Crippen LogP) is -11.7. The molecule has 131 heavy (non-hydrogen) atoms.